The van der Waals surface area contributed by atoms with Crippen LogP contribution < -0.4 is 15.8 Å². The zero-order valence-corrected chi connectivity index (χ0v) is 18.6. The summed E-state index contributed by atoms with van der Waals surface area (Å²) in [5, 5.41) is 3.35. The average Bonchev–Trinajstić information content (AvgIpc) is 2.64. The van der Waals surface area contributed by atoms with Crippen LogP contribution in [0.25, 0.3) is 0 Å². The summed E-state index contributed by atoms with van der Waals surface area (Å²) in [5.74, 6) is 1.61. The summed E-state index contributed by atoms with van der Waals surface area (Å²) in [5.41, 5.74) is 6.40. The van der Waals surface area contributed by atoms with Crippen LogP contribution in [0.5, 0.6) is 5.88 Å². The Morgan fingerprint density at radius 1 is 1.44 bits per heavy atom. The Kier molecular flexibility index (Phi) is 11.1. The Labute approximate surface area is 179 Å². The molecule has 0 bridgehead atoms. The number of carbonyl (C=O) groups excluding carboxylic acids is 1. The van der Waals surface area contributed by atoms with E-state index in [0.29, 0.717) is 31.4 Å². The summed E-state index contributed by atoms with van der Waals surface area (Å²) in [6, 6.07) is 3.88. The van der Waals surface area contributed by atoms with Gasteiger partial charge in [-0.1, -0.05) is 13.0 Å². The number of likely N-dealkylation sites (tertiary alicyclic amines) is 1. The number of aromatic nitrogens is 1. The molecule has 0 aromatic carbocycles. The second-order valence-electron chi connectivity index (χ2n) is 6.65. The molecule has 1 aliphatic heterocycles. The number of guanidine groups is 1. The number of rotatable bonds is 8. The van der Waals surface area contributed by atoms with E-state index in [1.165, 1.54) is 0 Å². The lowest BCUT2D eigenvalue weighted by molar-refractivity contribution is -0.119. The second-order valence-corrected chi connectivity index (χ2v) is 6.65. The van der Waals surface area contributed by atoms with Gasteiger partial charge in [-0.25, -0.2) is 9.98 Å². The first-order chi connectivity index (χ1) is 12.6. The van der Waals surface area contributed by atoms with Gasteiger partial charge in [-0.05, 0) is 37.7 Å². The number of hydrogen-bond acceptors (Lipinski definition) is 4. The van der Waals surface area contributed by atoms with Crippen LogP contribution in [0.3, 0.4) is 0 Å². The van der Waals surface area contributed by atoms with E-state index in [1.54, 1.807) is 0 Å². The molecule has 1 fully saturated rings. The maximum atomic E-state index is 11.2. The molecule has 1 amide bonds. The minimum Gasteiger partial charge on any atom is -0.478 e. The molecule has 1 aromatic heterocycles. The summed E-state index contributed by atoms with van der Waals surface area (Å²) >= 11 is 0. The molecular formula is C19H32IN5O2. The number of nitrogens with one attached hydrogen (secondary N) is 1. The van der Waals surface area contributed by atoms with Crippen molar-refractivity contribution in [3.05, 3.63) is 23.9 Å². The van der Waals surface area contributed by atoms with Crippen molar-refractivity contribution in [2.24, 2.45) is 16.6 Å². The van der Waals surface area contributed by atoms with Gasteiger partial charge in [0.25, 0.3) is 0 Å². The number of amides is 1. The Hall–Kier alpha value is -1.58. The molecule has 0 radical (unpaired) electrons. The lowest BCUT2D eigenvalue weighted by Crippen LogP contribution is -2.47. The standard InChI is InChI=1S/C19H31N5O2.HI/c1-3-10-26-18-8-7-16(12-22-18)13-23-19(21-4-2)24-9-5-6-15(14-24)11-17(20)25;/h7-8,12,15H,3-6,9-11,13-14H2,1-2H3,(H2,20,25)(H,21,23);1H. The highest BCUT2D eigenvalue weighted by Crippen LogP contribution is 2.19. The Morgan fingerprint density at radius 3 is 2.89 bits per heavy atom. The van der Waals surface area contributed by atoms with E-state index in [4.69, 9.17) is 15.5 Å². The van der Waals surface area contributed by atoms with Crippen molar-refractivity contribution in [3.63, 3.8) is 0 Å². The van der Waals surface area contributed by atoms with Crippen molar-refractivity contribution < 1.29 is 9.53 Å². The predicted molar refractivity (Wildman–Crippen MR) is 118 cm³/mol. The van der Waals surface area contributed by atoms with E-state index in [9.17, 15) is 4.79 Å². The minimum absolute atomic E-state index is 0. The molecule has 1 atom stereocenters. The number of nitrogens with zero attached hydrogens (tertiary/aromatic N) is 3. The highest BCUT2D eigenvalue weighted by molar-refractivity contribution is 14.0. The number of ether oxygens (including phenoxy) is 1. The summed E-state index contributed by atoms with van der Waals surface area (Å²) in [7, 11) is 0. The van der Waals surface area contributed by atoms with E-state index < -0.39 is 0 Å². The first-order valence-electron chi connectivity index (χ1n) is 9.51. The van der Waals surface area contributed by atoms with Crippen LogP contribution >= 0.6 is 24.0 Å². The first kappa shape index (κ1) is 23.5. The van der Waals surface area contributed by atoms with Crippen molar-refractivity contribution in [2.75, 3.05) is 26.2 Å². The Morgan fingerprint density at radius 2 is 2.26 bits per heavy atom. The molecular weight excluding hydrogens is 457 g/mol. The molecule has 2 heterocycles. The highest BCUT2D eigenvalue weighted by atomic mass is 127. The molecule has 1 aromatic rings. The number of piperidine rings is 1. The van der Waals surface area contributed by atoms with Gasteiger partial charge in [-0.3, -0.25) is 4.79 Å². The third kappa shape index (κ3) is 8.32. The van der Waals surface area contributed by atoms with Crippen molar-refractivity contribution in [2.45, 2.75) is 46.1 Å². The number of nitrogens with two attached hydrogens (primary N) is 1. The molecule has 0 spiro atoms. The van der Waals surface area contributed by atoms with Crippen LogP contribution in [0.4, 0.5) is 0 Å². The number of pyridine rings is 1. The van der Waals surface area contributed by atoms with Gasteiger partial charge in [-0.2, -0.15) is 0 Å². The van der Waals surface area contributed by atoms with Gasteiger partial charge < -0.3 is 20.7 Å². The molecule has 2 rings (SSSR count). The quantitative estimate of drug-likeness (QED) is 0.333. The SMILES string of the molecule is CCCOc1ccc(CN=C(NCC)N2CCCC(CC(N)=O)C2)cn1.I. The molecule has 27 heavy (non-hydrogen) atoms. The van der Waals surface area contributed by atoms with E-state index in [2.05, 4.69) is 29.0 Å². The molecule has 152 valence electrons. The minimum atomic E-state index is -0.227. The average molecular weight is 489 g/mol. The van der Waals surface area contributed by atoms with Crippen molar-refractivity contribution in [3.8, 4) is 5.88 Å². The number of hydrogen-bond donors (Lipinski definition) is 2. The van der Waals surface area contributed by atoms with Crippen LogP contribution in [0.1, 0.15) is 45.1 Å². The Balaban J connectivity index is 0.00000364. The number of carbonyl (C=O) groups is 1. The Bertz CT molecular complexity index is 594. The van der Waals surface area contributed by atoms with Crippen LogP contribution in [0.2, 0.25) is 0 Å². The van der Waals surface area contributed by atoms with Gasteiger partial charge in [0.15, 0.2) is 5.96 Å². The first-order valence-corrected chi connectivity index (χ1v) is 9.51. The normalized spacial score (nSPS) is 17.2. The smallest absolute Gasteiger partial charge is 0.217 e. The van der Waals surface area contributed by atoms with Gasteiger partial charge in [0.1, 0.15) is 0 Å². The fraction of sp³-hybridized carbons (Fsp3) is 0.632. The zero-order chi connectivity index (χ0) is 18.8. The zero-order valence-electron chi connectivity index (χ0n) is 16.3. The number of primary amides is 1. The van der Waals surface area contributed by atoms with Crippen LogP contribution in [0.15, 0.2) is 23.3 Å². The maximum absolute atomic E-state index is 11.2. The molecule has 1 aliphatic rings. The van der Waals surface area contributed by atoms with Gasteiger partial charge in [0, 0.05) is 38.3 Å². The molecule has 0 saturated carbocycles. The monoisotopic (exact) mass is 489 g/mol. The topological polar surface area (TPSA) is 92.8 Å². The maximum Gasteiger partial charge on any atom is 0.217 e. The summed E-state index contributed by atoms with van der Waals surface area (Å²) < 4.78 is 5.51. The van der Waals surface area contributed by atoms with E-state index in [-0.39, 0.29) is 29.9 Å². The van der Waals surface area contributed by atoms with Crippen LogP contribution in [0, 0.1) is 5.92 Å². The van der Waals surface area contributed by atoms with Crippen molar-refractivity contribution >= 4 is 35.8 Å². The fourth-order valence-electron chi connectivity index (χ4n) is 3.10. The summed E-state index contributed by atoms with van der Waals surface area (Å²) in [6.45, 7) is 7.93. The van der Waals surface area contributed by atoms with Gasteiger partial charge in [0.05, 0.1) is 13.2 Å². The predicted octanol–water partition coefficient (Wildman–Crippen LogP) is 2.54. The molecule has 1 unspecified atom stereocenters. The third-order valence-electron chi connectivity index (χ3n) is 4.31. The molecule has 0 aliphatic carbocycles. The lowest BCUT2D eigenvalue weighted by atomic mass is 9.95. The molecule has 1 saturated heterocycles. The summed E-state index contributed by atoms with van der Waals surface area (Å²) in [4.78, 5) is 22.5. The largest absolute Gasteiger partial charge is 0.478 e. The van der Waals surface area contributed by atoms with Crippen molar-refractivity contribution in [1.29, 1.82) is 0 Å². The van der Waals surface area contributed by atoms with Crippen molar-refractivity contribution in [1.82, 2.24) is 15.2 Å². The molecule has 3 N–H and O–H groups in total. The number of halogens is 1. The number of aliphatic imine (C=N–C) groups is 1. The van der Waals surface area contributed by atoms with E-state index in [1.807, 2.05) is 18.3 Å². The van der Waals surface area contributed by atoms with E-state index in [0.717, 1.165) is 50.4 Å². The fourth-order valence-corrected chi connectivity index (χ4v) is 3.10. The second kappa shape index (κ2) is 12.7. The lowest BCUT2D eigenvalue weighted by Gasteiger charge is -2.34. The van der Waals surface area contributed by atoms with Gasteiger partial charge in [-0.15, -0.1) is 24.0 Å². The van der Waals surface area contributed by atoms with Crippen LogP contribution in [-0.4, -0.2) is 48.0 Å². The highest BCUT2D eigenvalue weighted by Gasteiger charge is 2.23. The molecule has 8 heteroatoms. The van der Waals surface area contributed by atoms with Crippen LogP contribution in [-0.2, 0) is 11.3 Å². The molecule has 7 nitrogen and oxygen atoms in total. The van der Waals surface area contributed by atoms with E-state index >= 15 is 0 Å². The summed E-state index contributed by atoms with van der Waals surface area (Å²) in [6.07, 6.45) is 5.31. The van der Waals surface area contributed by atoms with Gasteiger partial charge >= 0.3 is 0 Å². The third-order valence-corrected chi connectivity index (χ3v) is 4.31. The van der Waals surface area contributed by atoms with Gasteiger partial charge in [0.2, 0.25) is 11.8 Å².